The van der Waals surface area contributed by atoms with E-state index in [2.05, 4.69) is 9.97 Å². The van der Waals surface area contributed by atoms with Crippen LogP contribution in [0.3, 0.4) is 0 Å². The van der Waals surface area contributed by atoms with Gasteiger partial charge in [0.05, 0.1) is 10.4 Å². The average Bonchev–Trinajstić information content (AvgIpc) is 2.18. The van der Waals surface area contributed by atoms with Crippen LogP contribution in [0.5, 0.6) is 0 Å². The first kappa shape index (κ1) is 8.36. The van der Waals surface area contributed by atoms with E-state index in [-0.39, 0.29) is 11.5 Å². The number of hydrogen-bond acceptors (Lipinski definition) is 5. The van der Waals surface area contributed by atoms with Gasteiger partial charge in [-0.25, -0.2) is 9.97 Å². The molecule has 1 aromatic heterocycles. The smallest absolute Gasteiger partial charge is 0.270 e. The minimum absolute atomic E-state index is 0.0148. The molecule has 0 aliphatic heterocycles. The molecular weight excluding hydrogens is 184 g/mol. The predicted octanol–water partition coefficient (Wildman–Crippen LogP) is 1.12. The van der Waals surface area contributed by atoms with Gasteiger partial charge in [-0.1, -0.05) is 0 Å². The van der Waals surface area contributed by atoms with Crippen LogP contribution >= 0.6 is 0 Å². The molecule has 0 aliphatic carbocycles. The Hall–Kier alpha value is -2.24. The van der Waals surface area contributed by atoms with Gasteiger partial charge in [-0.2, -0.15) is 0 Å². The molecule has 1 aromatic carbocycles. The highest BCUT2D eigenvalue weighted by Crippen LogP contribution is 2.21. The van der Waals surface area contributed by atoms with Crippen molar-refractivity contribution < 1.29 is 4.92 Å². The number of nitrogens with zero attached hydrogens (tertiary/aromatic N) is 3. The largest absolute Gasteiger partial charge is 0.383 e. The van der Waals surface area contributed by atoms with Gasteiger partial charge >= 0.3 is 0 Å². The third kappa shape index (κ3) is 1.22. The van der Waals surface area contributed by atoms with Gasteiger partial charge in [-0.3, -0.25) is 10.1 Å². The maximum absolute atomic E-state index is 10.5. The zero-order chi connectivity index (χ0) is 10.1. The summed E-state index contributed by atoms with van der Waals surface area (Å²) < 4.78 is 0. The highest BCUT2D eigenvalue weighted by Gasteiger charge is 2.08. The number of nitrogens with two attached hydrogens (primary N) is 1. The molecule has 1 heterocycles. The number of nitro groups is 1. The standard InChI is InChI=1S/C8H6N4O2/c9-8-6-3-5(12(13)14)1-2-7(6)10-4-11-8/h1-4H,(H2,9,10,11). The first-order valence-corrected chi connectivity index (χ1v) is 3.83. The van der Waals surface area contributed by atoms with Crippen molar-refractivity contribution in [2.75, 3.05) is 5.73 Å². The van der Waals surface area contributed by atoms with Crippen molar-refractivity contribution in [2.45, 2.75) is 0 Å². The highest BCUT2D eigenvalue weighted by atomic mass is 16.6. The molecule has 0 bridgehead atoms. The molecule has 0 saturated heterocycles. The van der Waals surface area contributed by atoms with Crippen molar-refractivity contribution in [3.8, 4) is 0 Å². The van der Waals surface area contributed by atoms with Crippen LogP contribution in [0.15, 0.2) is 24.5 Å². The van der Waals surface area contributed by atoms with Gasteiger partial charge in [0.2, 0.25) is 0 Å². The van der Waals surface area contributed by atoms with Gasteiger partial charge in [-0.15, -0.1) is 0 Å². The van der Waals surface area contributed by atoms with E-state index >= 15 is 0 Å². The number of nitrogen functional groups attached to an aromatic ring is 1. The maximum atomic E-state index is 10.5. The average molecular weight is 190 g/mol. The number of benzene rings is 1. The number of rotatable bonds is 1. The molecule has 0 saturated carbocycles. The maximum Gasteiger partial charge on any atom is 0.270 e. The third-order valence-corrected chi connectivity index (χ3v) is 1.86. The Morgan fingerprint density at radius 2 is 2.14 bits per heavy atom. The van der Waals surface area contributed by atoms with Crippen LogP contribution in [0.25, 0.3) is 10.9 Å². The van der Waals surface area contributed by atoms with E-state index in [4.69, 9.17) is 5.73 Å². The molecule has 0 spiro atoms. The molecule has 2 rings (SSSR count). The Kier molecular flexibility index (Phi) is 1.74. The molecular formula is C8H6N4O2. The Bertz CT molecular complexity index is 512. The quantitative estimate of drug-likeness (QED) is 0.537. The lowest BCUT2D eigenvalue weighted by molar-refractivity contribution is -0.384. The molecule has 6 nitrogen and oxygen atoms in total. The number of hydrogen-bond donors (Lipinski definition) is 1. The van der Waals surface area contributed by atoms with Crippen LogP contribution in [0.2, 0.25) is 0 Å². The number of nitro benzene ring substituents is 1. The van der Waals surface area contributed by atoms with E-state index in [1.165, 1.54) is 18.5 Å². The Morgan fingerprint density at radius 3 is 2.86 bits per heavy atom. The summed E-state index contributed by atoms with van der Waals surface area (Å²) in [6, 6.07) is 4.30. The van der Waals surface area contributed by atoms with E-state index in [1.807, 2.05) is 0 Å². The van der Waals surface area contributed by atoms with Crippen LogP contribution in [0.1, 0.15) is 0 Å². The van der Waals surface area contributed by atoms with Crippen LogP contribution in [-0.4, -0.2) is 14.9 Å². The monoisotopic (exact) mass is 190 g/mol. The second-order valence-corrected chi connectivity index (χ2v) is 2.72. The molecule has 0 radical (unpaired) electrons. The van der Waals surface area contributed by atoms with E-state index < -0.39 is 4.92 Å². The van der Waals surface area contributed by atoms with Gasteiger partial charge in [0.15, 0.2) is 0 Å². The lowest BCUT2D eigenvalue weighted by Gasteiger charge is -1.98. The van der Waals surface area contributed by atoms with Crippen molar-refractivity contribution in [1.82, 2.24) is 9.97 Å². The fraction of sp³-hybridized carbons (Fsp3) is 0. The van der Waals surface area contributed by atoms with E-state index in [0.717, 1.165) is 0 Å². The molecule has 14 heavy (non-hydrogen) atoms. The minimum atomic E-state index is -0.480. The van der Waals surface area contributed by atoms with Gasteiger partial charge in [0.1, 0.15) is 12.1 Å². The van der Waals surface area contributed by atoms with Crippen molar-refractivity contribution >= 4 is 22.4 Å². The van der Waals surface area contributed by atoms with Gasteiger partial charge in [0.25, 0.3) is 5.69 Å². The Morgan fingerprint density at radius 1 is 1.36 bits per heavy atom. The number of non-ortho nitro benzene ring substituents is 1. The summed E-state index contributed by atoms with van der Waals surface area (Å²) >= 11 is 0. The Balaban J connectivity index is 2.76. The molecule has 0 unspecified atom stereocenters. The van der Waals surface area contributed by atoms with Crippen LogP contribution in [-0.2, 0) is 0 Å². The van der Waals surface area contributed by atoms with Gasteiger partial charge < -0.3 is 5.73 Å². The minimum Gasteiger partial charge on any atom is -0.383 e. The molecule has 70 valence electrons. The normalized spacial score (nSPS) is 10.3. The molecule has 0 atom stereocenters. The predicted molar refractivity (Wildman–Crippen MR) is 50.6 cm³/mol. The summed E-state index contributed by atoms with van der Waals surface area (Å²) in [7, 11) is 0. The fourth-order valence-corrected chi connectivity index (χ4v) is 1.18. The zero-order valence-corrected chi connectivity index (χ0v) is 7.04. The summed E-state index contributed by atoms with van der Waals surface area (Å²) in [6.07, 6.45) is 1.32. The second kappa shape index (κ2) is 2.91. The molecule has 2 aromatic rings. The van der Waals surface area contributed by atoms with Crippen molar-refractivity contribution in [3.63, 3.8) is 0 Å². The summed E-state index contributed by atoms with van der Waals surface area (Å²) in [5.41, 5.74) is 6.14. The van der Waals surface area contributed by atoms with Crippen LogP contribution in [0, 0.1) is 10.1 Å². The SMILES string of the molecule is Nc1ncnc2ccc([N+](=O)[O-])cc12. The number of fused-ring (bicyclic) bond motifs is 1. The first-order valence-electron chi connectivity index (χ1n) is 3.83. The summed E-state index contributed by atoms with van der Waals surface area (Å²) in [5, 5.41) is 11.0. The van der Waals surface area contributed by atoms with Crippen molar-refractivity contribution in [3.05, 3.63) is 34.6 Å². The van der Waals surface area contributed by atoms with E-state index in [9.17, 15) is 10.1 Å². The summed E-state index contributed by atoms with van der Waals surface area (Å²) in [4.78, 5) is 17.7. The highest BCUT2D eigenvalue weighted by molar-refractivity contribution is 5.89. The van der Waals surface area contributed by atoms with E-state index in [1.54, 1.807) is 6.07 Å². The number of aromatic nitrogens is 2. The van der Waals surface area contributed by atoms with Crippen LogP contribution < -0.4 is 5.73 Å². The molecule has 0 aliphatic rings. The summed E-state index contributed by atoms with van der Waals surface area (Å²) in [6.45, 7) is 0. The zero-order valence-electron chi connectivity index (χ0n) is 7.04. The second-order valence-electron chi connectivity index (χ2n) is 2.72. The lowest BCUT2D eigenvalue weighted by Crippen LogP contribution is -1.94. The van der Waals surface area contributed by atoms with Crippen molar-refractivity contribution in [1.29, 1.82) is 0 Å². The number of anilines is 1. The molecule has 0 fully saturated rings. The van der Waals surface area contributed by atoms with Gasteiger partial charge in [0, 0.05) is 17.5 Å². The molecule has 0 amide bonds. The van der Waals surface area contributed by atoms with E-state index in [0.29, 0.717) is 10.9 Å². The third-order valence-electron chi connectivity index (χ3n) is 1.86. The van der Waals surface area contributed by atoms with Gasteiger partial charge in [-0.05, 0) is 6.07 Å². The van der Waals surface area contributed by atoms with Crippen molar-refractivity contribution in [2.24, 2.45) is 0 Å². The lowest BCUT2D eigenvalue weighted by atomic mass is 10.2. The van der Waals surface area contributed by atoms with Crippen LogP contribution in [0.4, 0.5) is 11.5 Å². The molecule has 2 N–H and O–H groups in total. The topological polar surface area (TPSA) is 94.9 Å². The fourth-order valence-electron chi connectivity index (χ4n) is 1.18. The Labute approximate surface area is 78.5 Å². The first-order chi connectivity index (χ1) is 6.68. The summed E-state index contributed by atoms with van der Waals surface area (Å²) in [5.74, 6) is 0.249. The molecule has 6 heteroatoms.